The zero-order chi connectivity index (χ0) is 37.3. The van der Waals surface area contributed by atoms with Crippen LogP contribution in [0.15, 0.2) is 137 Å². The molecular formula is C48H47O6+. The number of aliphatic hydroxyl groups is 1. The number of allylic oxidation sites excluding steroid dienone is 5. The molecule has 0 fully saturated rings. The molecule has 1 aliphatic heterocycles. The molecule has 6 nitrogen and oxygen atoms in total. The number of hydrogen-bond donors (Lipinski definition) is 1. The minimum absolute atomic E-state index is 0.0514. The maximum absolute atomic E-state index is 13.9. The summed E-state index contributed by atoms with van der Waals surface area (Å²) < 4.78 is 25.0. The Morgan fingerprint density at radius 2 is 1.35 bits per heavy atom. The average molecular weight is 720 g/mol. The normalized spacial score (nSPS) is 15.2. The smallest absolute Gasteiger partial charge is 0.365 e. The second-order valence-electron chi connectivity index (χ2n) is 13.8. The molecule has 4 aromatic carbocycles. The van der Waals surface area contributed by atoms with Gasteiger partial charge < -0.3 is 19.3 Å². The van der Waals surface area contributed by atoms with Gasteiger partial charge >= 0.3 is 11.3 Å². The molecule has 0 radical (unpaired) electrons. The Labute approximate surface area is 317 Å². The van der Waals surface area contributed by atoms with Gasteiger partial charge in [0.05, 0.1) is 47.4 Å². The zero-order valence-corrected chi connectivity index (χ0v) is 31.1. The SMILES string of the molecule is CCCCCCOc1ccc2c(c1)OC(c1ccccc1)=C/C2=C\C1=C(O)C(=C\c2cc(-c3ccccc3)[o+]c3cc(OCCCCCC)ccc23)/C1=O. The molecule has 2 heterocycles. The van der Waals surface area contributed by atoms with Crippen molar-refractivity contribution in [2.75, 3.05) is 13.2 Å². The number of carbonyl (C=O) groups excluding carboxylic acids is 1. The zero-order valence-electron chi connectivity index (χ0n) is 31.1. The molecule has 0 unspecified atom stereocenters. The van der Waals surface area contributed by atoms with Crippen molar-refractivity contribution in [3.8, 4) is 28.6 Å². The molecule has 1 aliphatic carbocycles. The van der Waals surface area contributed by atoms with Crippen LogP contribution in [0, 0.1) is 0 Å². The first-order valence-corrected chi connectivity index (χ1v) is 19.3. The highest BCUT2D eigenvalue weighted by molar-refractivity contribution is 6.24. The molecule has 0 saturated carbocycles. The second kappa shape index (κ2) is 17.3. The number of hydrogen-bond acceptors (Lipinski definition) is 5. The van der Waals surface area contributed by atoms with Crippen LogP contribution >= 0.6 is 0 Å². The van der Waals surface area contributed by atoms with Gasteiger partial charge in [-0.05, 0) is 73.0 Å². The number of Topliss-reactive ketones (excluding diaryl/α,β-unsaturated/α-hetero) is 1. The topological polar surface area (TPSA) is 76.3 Å². The maximum Gasteiger partial charge on any atom is 0.365 e. The first kappa shape index (κ1) is 36.5. The highest BCUT2D eigenvalue weighted by Gasteiger charge is 2.34. The van der Waals surface area contributed by atoms with Gasteiger partial charge in [-0.2, -0.15) is 0 Å². The molecule has 1 N–H and O–H groups in total. The third-order valence-corrected chi connectivity index (χ3v) is 9.79. The van der Waals surface area contributed by atoms with E-state index in [2.05, 4.69) is 13.8 Å². The van der Waals surface area contributed by atoms with E-state index in [1.165, 1.54) is 25.7 Å². The summed E-state index contributed by atoms with van der Waals surface area (Å²) in [6.45, 7) is 5.66. The van der Waals surface area contributed by atoms with E-state index in [-0.39, 0.29) is 22.7 Å². The van der Waals surface area contributed by atoms with E-state index in [1.54, 1.807) is 12.2 Å². The Bertz CT molecular complexity index is 2240. The van der Waals surface area contributed by atoms with Crippen molar-refractivity contribution in [2.45, 2.75) is 65.2 Å². The van der Waals surface area contributed by atoms with Crippen LogP contribution < -0.4 is 14.2 Å². The summed E-state index contributed by atoms with van der Waals surface area (Å²) in [6.07, 6.45) is 14.4. The Hall–Kier alpha value is -5.88. The largest absolute Gasteiger partial charge is 0.506 e. The van der Waals surface area contributed by atoms with Crippen LogP contribution in [0.2, 0.25) is 0 Å². The Balaban J connectivity index is 1.22. The third-order valence-electron chi connectivity index (χ3n) is 9.79. The summed E-state index contributed by atoms with van der Waals surface area (Å²) in [4.78, 5) is 13.9. The van der Waals surface area contributed by atoms with E-state index < -0.39 is 0 Å². The highest BCUT2D eigenvalue weighted by Crippen LogP contribution is 2.42. The Kier molecular flexibility index (Phi) is 11.7. The predicted molar refractivity (Wildman–Crippen MR) is 217 cm³/mol. The van der Waals surface area contributed by atoms with Crippen LogP contribution in [0.3, 0.4) is 0 Å². The number of ether oxygens (including phenoxy) is 3. The highest BCUT2D eigenvalue weighted by atomic mass is 16.5. The Morgan fingerprint density at radius 1 is 0.704 bits per heavy atom. The number of unbranched alkanes of at least 4 members (excludes halogenated alkanes) is 6. The summed E-state index contributed by atoms with van der Waals surface area (Å²) >= 11 is 0. The molecule has 1 aromatic heterocycles. The molecule has 6 heteroatoms. The lowest BCUT2D eigenvalue weighted by atomic mass is 9.84. The minimum atomic E-state index is -0.239. The van der Waals surface area contributed by atoms with Gasteiger partial charge in [0, 0.05) is 22.8 Å². The van der Waals surface area contributed by atoms with Crippen molar-refractivity contribution in [1.82, 2.24) is 0 Å². The first-order chi connectivity index (χ1) is 26.5. The van der Waals surface area contributed by atoms with Crippen LogP contribution in [-0.4, -0.2) is 24.1 Å². The van der Waals surface area contributed by atoms with E-state index >= 15 is 0 Å². The van der Waals surface area contributed by atoms with Crippen LogP contribution in [0.5, 0.6) is 17.2 Å². The number of carbonyl (C=O) groups is 1. The molecule has 0 saturated heterocycles. The average Bonchev–Trinajstić information content (AvgIpc) is 3.21. The molecule has 7 rings (SSSR count). The fraction of sp³-hybridized carbons (Fsp3) is 0.250. The molecule has 274 valence electrons. The fourth-order valence-electron chi connectivity index (χ4n) is 6.75. The molecule has 54 heavy (non-hydrogen) atoms. The van der Waals surface area contributed by atoms with Gasteiger partial charge in [0.2, 0.25) is 5.78 Å². The second-order valence-corrected chi connectivity index (χ2v) is 13.8. The summed E-state index contributed by atoms with van der Waals surface area (Å²) in [7, 11) is 0. The van der Waals surface area contributed by atoms with Crippen LogP contribution in [0.1, 0.15) is 81.9 Å². The number of rotatable bonds is 16. The van der Waals surface area contributed by atoms with E-state index in [9.17, 15) is 9.90 Å². The molecule has 0 bridgehead atoms. The van der Waals surface area contributed by atoms with Gasteiger partial charge in [0.1, 0.15) is 28.8 Å². The van der Waals surface area contributed by atoms with Crippen molar-refractivity contribution >= 4 is 34.2 Å². The lowest BCUT2D eigenvalue weighted by molar-refractivity contribution is -0.113. The lowest BCUT2D eigenvalue weighted by Crippen LogP contribution is -2.21. The quantitative estimate of drug-likeness (QED) is 0.0621. The van der Waals surface area contributed by atoms with Crippen LogP contribution in [0.4, 0.5) is 0 Å². The minimum Gasteiger partial charge on any atom is -0.506 e. The van der Waals surface area contributed by atoms with Crippen molar-refractivity contribution < 1.29 is 28.5 Å². The number of fused-ring (bicyclic) bond motifs is 2. The van der Waals surface area contributed by atoms with Gasteiger partial charge in [0.15, 0.2) is 0 Å². The van der Waals surface area contributed by atoms with Crippen molar-refractivity contribution in [1.29, 1.82) is 0 Å². The maximum atomic E-state index is 13.9. The monoisotopic (exact) mass is 719 g/mol. The van der Waals surface area contributed by atoms with Crippen LogP contribution in [-0.2, 0) is 4.79 Å². The molecule has 2 aliphatic rings. The molecule has 0 atom stereocenters. The number of ketones is 1. The van der Waals surface area contributed by atoms with Crippen LogP contribution in [0.25, 0.3) is 39.7 Å². The van der Waals surface area contributed by atoms with Gasteiger partial charge in [-0.25, -0.2) is 4.42 Å². The van der Waals surface area contributed by atoms with Crippen molar-refractivity contribution in [3.63, 3.8) is 0 Å². The lowest BCUT2D eigenvalue weighted by Gasteiger charge is -2.24. The number of benzene rings is 4. The third kappa shape index (κ3) is 8.34. The summed E-state index contributed by atoms with van der Waals surface area (Å²) in [6, 6.07) is 33.2. The number of aliphatic hydroxyl groups excluding tert-OH is 1. The summed E-state index contributed by atoms with van der Waals surface area (Å²) in [5.74, 6) is 3.10. The van der Waals surface area contributed by atoms with Gasteiger partial charge in [-0.15, -0.1) is 0 Å². The summed E-state index contributed by atoms with van der Waals surface area (Å²) in [5.41, 5.74) is 5.26. The van der Waals surface area contributed by atoms with Crippen molar-refractivity contribution in [3.05, 3.63) is 149 Å². The molecule has 5 aromatic rings. The standard InChI is InChI=1S/C48H46O6/c1-3-5-7-15-25-51-37-21-23-39-35(29-43(53-45(39)31-37)33-17-11-9-12-18-33)27-41-47(49)42(48(41)50)28-36-30-44(34-19-13-10-14-20-34)54-46-32-38(22-24-40(36)46)52-26-16-8-6-4-2/h9-14,17-24,27-32H,3-8,15-16,25-26H2,1-2H3/p+1. The first-order valence-electron chi connectivity index (χ1n) is 19.3. The van der Waals surface area contributed by atoms with E-state index in [4.69, 9.17) is 18.6 Å². The van der Waals surface area contributed by atoms with Gasteiger partial charge in [-0.3, -0.25) is 4.79 Å². The van der Waals surface area contributed by atoms with Gasteiger partial charge in [0.25, 0.3) is 0 Å². The van der Waals surface area contributed by atoms with E-state index in [0.717, 1.165) is 70.4 Å². The fourth-order valence-corrected chi connectivity index (χ4v) is 6.75. The van der Waals surface area contributed by atoms with Crippen molar-refractivity contribution in [2.24, 2.45) is 0 Å². The molecule has 0 spiro atoms. The van der Waals surface area contributed by atoms with E-state index in [1.807, 2.05) is 109 Å². The molecular weight excluding hydrogens is 673 g/mol. The predicted octanol–water partition coefficient (Wildman–Crippen LogP) is 12.6. The summed E-state index contributed by atoms with van der Waals surface area (Å²) in [5, 5.41) is 12.3. The van der Waals surface area contributed by atoms with Gasteiger partial charge in [-0.1, -0.05) is 101 Å². The molecule has 0 amide bonds. The van der Waals surface area contributed by atoms with E-state index in [0.29, 0.717) is 36.1 Å². The Morgan fingerprint density at radius 3 is 2.02 bits per heavy atom.